The van der Waals surface area contributed by atoms with Crippen LogP contribution in [0.25, 0.3) is 6.08 Å². The molecule has 5 rings (SSSR count). The van der Waals surface area contributed by atoms with E-state index in [9.17, 15) is 9.90 Å². The Morgan fingerprint density at radius 1 is 1.17 bits per heavy atom. The molecule has 3 fully saturated rings. The molecule has 7 atom stereocenters. The van der Waals surface area contributed by atoms with E-state index in [1.807, 2.05) is 30.5 Å². The maximum atomic E-state index is 13.2. The summed E-state index contributed by atoms with van der Waals surface area (Å²) in [5.41, 5.74) is 2.92. The van der Waals surface area contributed by atoms with Crippen LogP contribution in [0.1, 0.15) is 70.8 Å². The number of ketones is 1. The zero-order chi connectivity index (χ0) is 20.9. The first-order valence-corrected chi connectivity index (χ1v) is 11.9. The summed E-state index contributed by atoms with van der Waals surface area (Å²) in [6.45, 7) is 4.88. The molecule has 3 saturated carbocycles. The van der Waals surface area contributed by atoms with Crippen LogP contribution in [0.3, 0.4) is 0 Å². The smallest absolute Gasteiger partial charge is 0.159 e. The van der Waals surface area contributed by atoms with Gasteiger partial charge in [0, 0.05) is 18.3 Å². The van der Waals surface area contributed by atoms with E-state index in [0.29, 0.717) is 17.6 Å². The minimum atomic E-state index is -0.144. The van der Waals surface area contributed by atoms with E-state index in [-0.39, 0.29) is 22.9 Å². The Labute approximate surface area is 180 Å². The lowest BCUT2D eigenvalue weighted by atomic mass is 9.47. The summed E-state index contributed by atoms with van der Waals surface area (Å²) in [6, 6.07) is 3.91. The van der Waals surface area contributed by atoms with Crippen molar-refractivity contribution in [2.24, 2.45) is 34.5 Å². The van der Waals surface area contributed by atoms with Gasteiger partial charge >= 0.3 is 0 Å². The molecule has 0 radical (unpaired) electrons. The van der Waals surface area contributed by atoms with E-state index >= 15 is 0 Å². The Morgan fingerprint density at radius 2 is 2.03 bits per heavy atom. The van der Waals surface area contributed by atoms with Crippen molar-refractivity contribution >= 4 is 11.9 Å². The molecule has 30 heavy (non-hydrogen) atoms. The topological polar surface area (TPSA) is 50.2 Å². The van der Waals surface area contributed by atoms with E-state index in [2.05, 4.69) is 24.9 Å². The van der Waals surface area contributed by atoms with Crippen LogP contribution in [0, 0.1) is 34.5 Å². The molecule has 3 heteroatoms. The van der Waals surface area contributed by atoms with Crippen LogP contribution in [0.4, 0.5) is 0 Å². The summed E-state index contributed by atoms with van der Waals surface area (Å²) in [4.78, 5) is 17.4. The summed E-state index contributed by atoms with van der Waals surface area (Å²) < 4.78 is 0. The zero-order valence-corrected chi connectivity index (χ0v) is 18.4. The molecule has 0 amide bonds. The summed E-state index contributed by atoms with van der Waals surface area (Å²) in [5.74, 6) is 2.54. The molecule has 160 valence electrons. The van der Waals surface area contributed by atoms with Gasteiger partial charge in [0.25, 0.3) is 0 Å². The van der Waals surface area contributed by atoms with Crippen LogP contribution < -0.4 is 0 Å². The number of rotatable bonds is 3. The van der Waals surface area contributed by atoms with Crippen molar-refractivity contribution in [3.8, 4) is 0 Å². The van der Waals surface area contributed by atoms with Gasteiger partial charge in [0.05, 0.1) is 6.10 Å². The number of aromatic nitrogens is 1. The average Bonchev–Trinajstić information content (AvgIpc) is 3.10. The normalized spacial score (nSPS) is 42.9. The number of aliphatic hydroxyl groups is 1. The molecule has 0 saturated heterocycles. The fourth-order valence-electron chi connectivity index (χ4n) is 7.88. The number of aliphatic hydroxyl groups excluding tert-OH is 1. The lowest BCUT2D eigenvalue weighted by molar-refractivity contribution is -0.124. The molecular weight excluding hydrogens is 370 g/mol. The van der Waals surface area contributed by atoms with E-state index in [4.69, 9.17) is 0 Å². The van der Waals surface area contributed by atoms with Gasteiger partial charge in [-0.25, -0.2) is 0 Å². The Kier molecular flexibility index (Phi) is 5.01. The summed E-state index contributed by atoms with van der Waals surface area (Å²) in [5, 5.41) is 10.2. The predicted molar refractivity (Wildman–Crippen MR) is 119 cm³/mol. The van der Waals surface area contributed by atoms with Gasteiger partial charge in [-0.2, -0.15) is 0 Å². The lowest BCUT2D eigenvalue weighted by Crippen LogP contribution is -2.50. The van der Waals surface area contributed by atoms with Crippen molar-refractivity contribution in [2.75, 3.05) is 0 Å². The molecule has 4 aliphatic rings. The number of allylic oxidation sites excluding steroid dienone is 2. The third-order valence-electron chi connectivity index (χ3n) is 9.55. The number of pyridine rings is 1. The molecule has 1 aromatic rings. The van der Waals surface area contributed by atoms with Crippen LogP contribution in [0.5, 0.6) is 0 Å². The molecule has 0 spiro atoms. The van der Waals surface area contributed by atoms with Crippen LogP contribution in [0.2, 0.25) is 0 Å². The van der Waals surface area contributed by atoms with Gasteiger partial charge < -0.3 is 5.11 Å². The second kappa shape index (κ2) is 7.44. The van der Waals surface area contributed by atoms with Gasteiger partial charge in [-0.1, -0.05) is 31.6 Å². The first-order valence-electron chi connectivity index (χ1n) is 11.9. The highest BCUT2D eigenvalue weighted by atomic mass is 16.3. The Hall–Kier alpha value is -1.74. The zero-order valence-electron chi connectivity index (χ0n) is 18.4. The van der Waals surface area contributed by atoms with Gasteiger partial charge in [-0.15, -0.1) is 0 Å². The average molecular weight is 406 g/mol. The van der Waals surface area contributed by atoms with Crippen LogP contribution in [-0.2, 0) is 4.79 Å². The number of fused-ring (bicyclic) bond motifs is 5. The van der Waals surface area contributed by atoms with Gasteiger partial charge in [0.2, 0.25) is 0 Å². The maximum absolute atomic E-state index is 13.2. The van der Waals surface area contributed by atoms with Crippen molar-refractivity contribution < 1.29 is 9.90 Å². The molecule has 1 N–H and O–H groups in total. The molecular formula is C27H35NO2. The van der Waals surface area contributed by atoms with Crippen molar-refractivity contribution in [1.29, 1.82) is 0 Å². The predicted octanol–water partition coefficient (Wildman–Crippen LogP) is 5.60. The molecule has 1 heterocycles. The largest absolute Gasteiger partial charge is 0.393 e. The van der Waals surface area contributed by atoms with E-state index in [1.165, 1.54) is 24.8 Å². The summed E-state index contributed by atoms with van der Waals surface area (Å²) in [7, 11) is 0. The second-order valence-electron chi connectivity index (χ2n) is 10.9. The second-order valence-corrected chi connectivity index (χ2v) is 10.9. The van der Waals surface area contributed by atoms with Gasteiger partial charge in [-0.3, -0.25) is 9.78 Å². The fraction of sp³-hybridized carbons (Fsp3) is 0.630. The Balaban J connectivity index is 1.36. The monoisotopic (exact) mass is 405 g/mol. The third-order valence-corrected chi connectivity index (χ3v) is 9.55. The first kappa shape index (κ1) is 20.2. The minimum absolute atomic E-state index is 0.132. The lowest BCUT2D eigenvalue weighted by Gasteiger charge is -2.57. The van der Waals surface area contributed by atoms with Crippen molar-refractivity contribution in [3.63, 3.8) is 0 Å². The number of nitrogens with zero attached hydrogens (tertiary/aromatic N) is 1. The molecule has 0 bridgehead atoms. The fourth-order valence-corrected chi connectivity index (χ4v) is 7.88. The highest BCUT2D eigenvalue weighted by molar-refractivity contribution is 5.96. The number of carbonyl (C=O) groups excluding carboxylic acids is 1. The van der Waals surface area contributed by atoms with E-state index in [1.54, 1.807) is 6.20 Å². The molecule has 1 aromatic heterocycles. The highest BCUT2D eigenvalue weighted by Crippen LogP contribution is 2.66. The Morgan fingerprint density at radius 3 is 2.83 bits per heavy atom. The first-order chi connectivity index (χ1) is 14.4. The number of carbonyl (C=O) groups is 1. The molecule has 3 nitrogen and oxygen atoms in total. The molecule has 0 aliphatic heterocycles. The van der Waals surface area contributed by atoms with Crippen LogP contribution in [-0.4, -0.2) is 22.0 Å². The van der Waals surface area contributed by atoms with Gasteiger partial charge in [0.15, 0.2) is 5.78 Å². The van der Waals surface area contributed by atoms with Crippen molar-refractivity contribution in [1.82, 2.24) is 4.98 Å². The van der Waals surface area contributed by atoms with Gasteiger partial charge in [-0.05, 0) is 104 Å². The van der Waals surface area contributed by atoms with Crippen molar-refractivity contribution in [2.45, 2.75) is 71.3 Å². The van der Waals surface area contributed by atoms with Crippen molar-refractivity contribution in [3.05, 3.63) is 47.8 Å². The van der Waals surface area contributed by atoms with Crippen LogP contribution in [0.15, 0.2) is 42.3 Å². The SMILES string of the molecule is CC12CCC(O)CC1=CCC1C2CCC2(C)C(C(=O)/C=C/c3cccnc3)CCC12. The number of hydrogen-bond acceptors (Lipinski definition) is 3. The van der Waals surface area contributed by atoms with E-state index < -0.39 is 0 Å². The number of hydrogen-bond donors (Lipinski definition) is 1. The standard InChI is InChI=1S/C27H35NO2/c1-26-13-11-20(29)16-19(26)6-7-21-22-8-9-24(27(22,2)14-12-23(21)26)25(30)10-5-18-4-3-15-28-17-18/h3-6,10,15,17,20-24,29H,7-9,11-14,16H2,1-2H3/b10-5+. The van der Waals surface area contributed by atoms with Gasteiger partial charge in [0.1, 0.15) is 0 Å². The summed E-state index contributed by atoms with van der Waals surface area (Å²) in [6.07, 6.45) is 18.4. The minimum Gasteiger partial charge on any atom is -0.393 e. The summed E-state index contributed by atoms with van der Waals surface area (Å²) >= 11 is 0. The highest BCUT2D eigenvalue weighted by Gasteiger charge is 2.59. The maximum Gasteiger partial charge on any atom is 0.159 e. The molecule has 4 aliphatic carbocycles. The third kappa shape index (κ3) is 3.12. The Bertz CT molecular complexity index is 874. The molecule has 0 aromatic carbocycles. The van der Waals surface area contributed by atoms with Crippen LogP contribution >= 0.6 is 0 Å². The van der Waals surface area contributed by atoms with E-state index in [0.717, 1.165) is 43.6 Å². The quantitative estimate of drug-likeness (QED) is 0.526. The molecule has 7 unspecified atom stereocenters.